The number of carbonyl (C=O) groups is 3. The van der Waals surface area contributed by atoms with Gasteiger partial charge in [0.15, 0.2) is 0 Å². The summed E-state index contributed by atoms with van der Waals surface area (Å²) in [5.74, 6) is -2.48. The molecule has 3 aromatic carbocycles. The molecule has 6 rings (SSSR count). The summed E-state index contributed by atoms with van der Waals surface area (Å²) < 4.78 is 6.33. The van der Waals surface area contributed by atoms with E-state index in [2.05, 4.69) is 10.6 Å². The first-order valence-electron chi connectivity index (χ1n) is 13.4. The largest absolute Gasteiger partial charge is 0.360 e. The SMILES string of the molecule is Cc1ccc(NC(=O)[C@H]2[C@H]3C(=O)N(Cc4ccc(Cl)cc4)[C@H](c4ccc(C)cc4)C(=O)NC[C@@]34C=C[C@H]2O4)cc1. The second-order valence-electron chi connectivity index (χ2n) is 10.9. The van der Waals surface area contributed by atoms with E-state index in [9.17, 15) is 14.4 Å². The van der Waals surface area contributed by atoms with Crippen molar-refractivity contribution < 1.29 is 19.1 Å². The van der Waals surface area contributed by atoms with Crippen LogP contribution in [0.1, 0.15) is 28.3 Å². The summed E-state index contributed by atoms with van der Waals surface area (Å²) in [5.41, 5.74) is 3.18. The average Bonchev–Trinajstić information content (AvgIpc) is 3.51. The van der Waals surface area contributed by atoms with Gasteiger partial charge in [-0.1, -0.05) is 83.4 Å². The lowest BCUT2D eigenvalue weighted by molar-refractivity contribution is -0.153. The molecule has 2 fully saturated rings. The maximum absolute atomic E-state index is 14.7. The molecule has 8 heteroatoms. The summed E-state index contributed by atoms with van der Waals surface area (Å²) in [6.07, 6.45) is 3.09. The molecule has 2 saturated heterocycles. The molecule has 3 amide bonds. The van der Waals surface area contributed by atoms with E-state index in [0.29, 0.717) is 16.3 Å². The Labute approximate surface area is 238 Å². The molecule has 3 aliphatic rings. The van der Waals surface area contributed by atoms with E-state index in [1.807, 2.05) is 86.7 Å². The second kappa shape index (κ2) is 10.2. The predicted molar refractivity (Wildman–Crippen MR) is 152 cm³/mol. The zero-order valence-corrected chi connectivity index (χ0v) is 23.0. The lowest BCUT2D eigenvalue weighted by Crippen LogP contribution is -2.59. The van der Waals surface area contributed by atoms with Crippen LogP contribution in [-0.2, 0) is 25.7 Å². The highest BCUT2D eigenvalue weighted by molar-refractivity contribution is 6.30. The molecule has 0 aliphatic carbocycles. The van der Waals surface area contributed by atoms with Crippen molar-refractivity contribution in [2.75, 3.05) is 11.9 Å². The van der Waals surface area contributed by atoms with Gasteiger partial charge in [0.2, 0.25) is 17.7 Å². The molecule has 0 radical (unpaired) electrons. The minimum Gasteiger partial charge on any atom is -0.360 e. The molecule has 204 valence electrons. The fourth-order valence-electron chi connectivity index (χ4n) is 5.99. The number of amides is 3. The van der Waals surface area contributed by atoms with Crippen LogP contribution in [0.25, 0.3) is 0 Å². The van der Waals surface area contributed by atoms with E-state index in [1.165, 1.54) is 0 Å². The van der Waals surface area contributed by atoms with Crippen molar-refractivity contribution in [3.05, 3.63) is 112 Å². The first kappa shape index (κ1) is 26.3. The van der Waals surface area contributed by atoms with Crippen LogP contribution in [0.5, 0.6) is 0 Å². The van der Waals surface area contributed by atoms with Gasteiger partial charge in [-0.25, -0.2) is 0 Å². The van der Waals surface area contributed by atoms with Crippen LogP contribution in [0, 0.1) is 25.7 Å². The minimum atomic E-state index is -1.11. The van der Waals surface area contributed by atoms with Gasteiger partial charge in [-0.2, -0.15) is 0 Å². The third-order valence-electron chi connectivity index (χ3n) is 8.09. The third kappa shape index (κ3) is 4.69. The summed E-state index contributed by atoms with van der Waals surface area (Å²) in [6, 6.07) is 21.4. The second-order valence-corrected chi connectivity index (χ2v) is 11.3. The third-order valence-corrected chi connectivity index (χ3v) is 8.34. The Bertz CT molecular complexity index is 1490. The Morgan fingerprint density at radius 2 is 1.65 bits per heavy atom. The van der Waals surface area contributed by atoms with Crippen LogP contribution in [0.15, 0.2) is 84.9 Å². The lowest BCUT2D eigenvalue weighted by atomic mass is 9.73. The molecule has 2 bridgehead atoms. The van der Waals surface area contributed by atoms with Crippen LogP contribution in [0.3, 0.4) is 0 Å². The number of rotatable bonds is 5. The normalized spacial score (nSPS) is 27.1. The van der Waals surface area contributed by atoms with Gasteiger partial charge in [0.05, 0.1) is 24.5 Å². The van der Waals surface area contributed by atoms with Gasteiger partial charge in [0.25, 0.3) is 0 Å². The number of carbonyl (C=O) groups excluding carboxylic acids is 3. The molecule has 3 heterocycles. The summed E-state index contributed by atoms with van der Waals surface area (Å²) in [4.78, 5) is 43.7. The fraction of sp³-hybridized carbons (Fsp3) is 0.281. The van der Waals surface area contributed by atoms with Crippen molar-refractivity contribution in [1.29, 1.82) is 0 Å². The number of hydrogen-bond acceptors (Lipinski definition) is 4. The topological polar surface area (TPSA) is 87.7 Å². The van der Waals surface area contributed by atoms with Gasteiger partial charge in [0.1, 0.15) is 11.6 Å². The van der Waals surface area contributed by atoms with E-state index in [4.69, 9.17) is 16.3 Å². The Morgan fingerprint density at radius 1 is 1.00 bits per heavy atom. The van der Waals surface area contributed by atoms with E-state index in [1.54, 1.807) is 17.0 Å². The zero-order chi connectivity index (χ0) is 28.0. The number of aryl methyl sites for hydroxylation is 2. The molecule has 0 unspecified atom stereocenters. The monoisotopic (exact) mass is 555 g/mol. The van der Waals surface area contributed by atoms with Crippen molar-refractivity contribution in [3.8, 4) is 0 Å². The van der Waals surface area contributed by atoms with Crippen molar-refractivity contribution >= 4 is 35.0 Å². The smallest absolute Gasteiger partial charge is 0.247 e. The van der Waals surface area contributed by atoms with Crippen LogP contribution >= 0.6 is 11.6 Å². The molecule has 5 atom stereocenters. The van der Waals surface area contributed by atoms with Gasteiger partial charge in [-0.3, -0.25) is 14.4 Å². The Balaban J connectivity index is 1.41. The number of halogens is 1. The summed E-state index contributed by atoms with van der Waals surface area (Å²) in [5, 5.41) is 6.60. The van der Waals surface area contributed by atoms with E-state index < -0.39 is 29.6 Å². The molecule has 3 aromatic rings. The number of hydrogen-bond donors (Lipinski definition) is 2. The highest BCUT2D eigenvalue weighted by Gasteiger charge is 2.64. The van der Waals surface area contributed by atoms with E-state index in [0.717, 1.165) is 16.7 Å². The highest BCUT2D eigenvalue weighted by atomic mass is 35.5. The van der Waals surface area contributed by atoms with Crippen LogP contribution in [0.4, 0.5) is 5.69 Å². The molecule has 7 nitrogen and oxygen atoms in total. The molecule has 1 spiro atoms. The predicted octanol–water partition coefficient (Wildman–Crippen LogP) is 4.74. The van der Waals surface area contributed by atoms with Crippen LogP contribution < -0.4 is 10.6 Å². The first-order chi connectivity index (χ1) is 19.2. The molecular weight excluding hydrogens is 526 g/mol. The van der Waals surface area contributed by atoms with Crippen molar-refractivity contribution in [2.45, 2.75) is 38.1 Å². The van der Waals surface area contributed by atoms with E-state index >= 15 is 0 Å². The van der Waals surface area contributed by atoms with Crippen LogP contribution in [0.2, 0.25) is 5.02 Å². The number of nitrogens with zero attached hydrogens (tertiary/aromatic N) is 1. The zero-order valence-electron chi connectivity index (χ0n) is 22.3. The number of ether oxygens (including phenoxy) is 1. The summed E-state index contributed by atoms with van der Waals surface area (Å²) in [6.45, 7) is 4.21. The number of fused-ring (bicyclic) bond motifs is 1. The minimum absolute atomic E-state index is 0.0979. The molecule has 0 aromatic heterocycles. The average molecular weight is 556 g/mol. The van der Waals surface area contributed by atoms with Gasteiger partial charge in [-0.15, -0.1) is 0 Å². The van der Waals surface area contributed by atoms with Crippen LogP contribution in [-0.4, -0.2) is 40.9 Å². The maximum atomic E-state index is 14.7. The maximum Gasteiger partial charge on any atom is 0.247 e. The van der Waals surface area contributed by atoms with Gasteiger partial charge >= 0.3 is 0 Å². The number of benzene rings is 3. The Kier molecular flexibility index (Phi) is 6.72. The van der Waals surface area contributed by atoms with Gasteiger partial charge < -0.3 is 20.3 Å². The molecule has 3 aliphatic heterocycles. The number of nitrogens with one attached hydrogen (secondary N) is 2. The molecule has 40 heavy (non-hydrogen) atoms. The van der Waals surface area contributed by atoms with Crippen molar-refractivity contribution in [1.82, 2.24) is 10.2 Å². The fourth-order valence-corrected chi connectivity index (χ4v) is 6.12. The Morgan fingerprint density at radius 3 is 2.33 bits per heavy atom. The molecular formula is C32H30ClN3O4. The quantitative estimate of drug-likeness (QED) is 0.445. The van der Waals surface area contributed by atoms with Crippen molar-refractivity contribution in [2.24, 2.45) is 11.8 Å². The van der Waals surface area contributed by atoms with Gasteiger partial charge in [-0.05, 0) is 49.2 Å². The summed E-state index contributed by atoms with van der Waals surface area (Å²) >= 11 is 6.12. The highest BCUT2D eigenvalue weighted by Crippen LogP contribution is 2.49. The lowest BCUT2D eigenvalue weighted by Gasteiger charge is -2.42. The van der Waals surface area contributed by atoms with Crippen molar-refractivity contribution in [3.63, 3.8) is 0 Å². The van der Waals surface area contributed by atoms with Gasteiger partial charge in [0, 0.05) is 17.3 Å². The van der Waals surface area contributed by atoms with E-state index in [-0.39, 0.29) is 30.8 Å². The number of anilines is 1. The standard InChI is InChI=1S/C32H30ClN3O4/c1-19-3-9-22(10-4-19)28-30(38)34-18-32-16-15-25(40-32)26(29(37)35-24-13-5-20(2)6-14-24)27(32)31(39)36(28)17-21-7-11-23(33)12-8-21/h3-16,25-28H,17-18H2,1-2H3,(H,34,38)(H,35,37)/t25-,26-,27+,28-,32+/m1/s1. The molecule has 0 saturated carbocycles. The summed E-state index contributed by atoms with van der Waals surface area (Å²) in [7, 11) is 0. The Hall–Kier alpha value is -3.94. The molecule has 2 N–H and O–H groups in total. The first-order valence-corrected chi connectivity index (χ1v) is 13.8.